The van der Waals surface area contributed by atoms with Gasteiger partial charge in [0.25, 0.3) is 5.91 Å². The summed E-state index contributed by atoms with van der Waals surface area (Å²) in [4.78, 5) is 38.5. The minimum atomic E-state index is -1.96. The molecule has 190 valence electrons. The molecule has 2 fully saturated rings. The molecule has 2 bridgehead atoms. The molecule has 0 aromatic heterocycles. The molecule has 2 aliphatic heterocycles. The lowest BCUT2D eigenvalue weighted by Gasteiger charge is -2.42. The number of urea groups is 1. The molecule has 3 rings (SSSR count). The fourth-order valence-corrected chi connectivity index (χ4v) is 11.2. The van der Waals surface area contributed by atoms with Crippen LogP contribution in [0.3, 0.4) is 0 Å². The zero-order valence-corrected chi connectivity index (χ0v) is 22.5. The van der Waals surface area contributed by atoms with Crippen molar-refractivity contribution in [1.29, 1.82) is 0 Å². The number of hydroxylamine groups is 3. The Morgan fingerprint density at radius 2 is 1.68 bits per heavy atom. The number of carbonyl (C=O) groups is 2. The number of carbonyl (C=O) groups excluding carboxylic acids is 2. The lowest BCUT2D eigenvalue weighted by molar-refractivity contribution is -0.141. The molecule has 0 saturated carbocycles. The Labute approximate surface area is 204 Å². The quantitative estimate of drug-likeness (QED) is 0.262. The maximum atomic E-state index is 12.9. The summed E-state index contributed by atoms with van der Waals surface area (Å²) in [5, 5.41) is 1.43. The van der Waals surface area contributed by atoms with Gasteiger partial charge in [-0.1, -0.05) is 71.9 Å². The Morgan fingerprint density at radius 3 is 2.29 bits per heavy atom. The van der Waals surface area contributed by atoms with E-state index in [-0.39, 0.29) is 24.6 Å². The summed E-state index contributed by atoms with van der Waals surface area (Å²) in [6.45, 7) is 15.0. The van der Waals surface area contributed by atoms with Crippen molar-refractivity contribution in [3.05, 3.63) is 35.9 Å². The van der Waals surface area contributed by atoms with Crippen molar-refractivity contribution < 1.29 is 23.7 Å². The van der Waals surface area contributed by atoms with Crippen LogP contribution < -0.4 is 5.48 Å². The molecule has 2 aliphatic rings. The van der Waals surface area contributed by atoms with Crippen LogP contribution in [0.2, 0.25) is 16.6 Å². The molecule has 0 unspecified atom stereocenters. The van der Waals surface area contributed by atoms with Crippen LogP contribution in [0.15, 0.2) is 30.3 Å². The highest BCUT2D eigenvalue weighted by atomic mass is 28.4. The maximum Gasteiger partial charge on any atom is 0.345 e. The number of piperidine rings is 1. The van der Waals surface area contributed by atoms with Crippen LogP contribution in [0.25, 0.3) is 0 Å². The average Bonchev–Trinajstić information content (AvgIpc) is 3.04. The van der Waals surface area contributed by atoms with Gasteiger partial charge in [-0.3, -0.25) is 14.5 Å². The predicted molar refractivity (Wildman–Crippen MR) is 133 cm³/mol. The van der Waals surface area contributed by atoms with E-state index in [2.05, 4.69) is 47.0 Å². The zero-order valence-electron chi connectivity index (χ0n) is 21.5. The summed E-state index contributed by atoms with van der Waals surface area (Å²) in [5.74, 6) is -0.295. The molecule has 0 spiro atoms. The van der Waals surface area contributed by atoms with Crippen LogP contribution in [-0.2, 0) is 25.5 Å². The summed E-state index contributed by atoms with van der Waals surface area (Å²) in [7, 11) is -1.96. The van der Waals surface area contributed by atoms with Crippen molar-refractivity contribution in [1.82, 2.24) is 15.4 Å². The number of amides is 3. The van der Waals surface area contributed by atoms with Gasteiger partial charge in [0, 0.05) is 6.54 Å². The van der Waals surface area contributed by atoms with Crippen LogP contribution in [-0.4, -0.2) is 62.1 Å². The van der Waals surface area contributed by atoms with Crippen molar-refractivity contribution in [2.45, 2.75) is 89.7 Å². The van der Waals surface area contributed by atoms with Crippen molar-refractivity contribution in [3.8, 4) is 0 Å². The van der Waals surface area contributed by atoms with Gasteiger partial charge < -0.3 is 9.33 Å². The number of hydrogen-bond donors (Lipinski definition) is 1. The van der Waals surface area contributed by atoms with E-state index in [0.717, 1.165) is 5.56 Å². The summed E-state index contributed by atoms with van der Waals surface area (Å²) in [6.07, 6.45) is 1.29. The highest BCUT2D eigenvalue weighted by Gasteiger charge is 2.48. The average molecular weight is 492 g/mol. The fraction of sp³-hybridized carbons (Fsp3) is 0.680. The summed E-state index contributed by atoms with van der Waals surface area (Å²) in [6, 6.07) is 8.89. The van der Waals surface area contributed by atoms with Gasteiger partial charge in [-0.25, -0.2) is 10.3 Å². The number of fused-ring (bicyclic) bond motifs is 2. The summed E-state index contributed by atoms with van der Waals surface area (Å²) >= 11 is 0. The van der Waals surface area contributed by atoms with E-state index in [0.29, 0.717) is 49.2 Å². The molecule has 1 aromatic rings. The first-order valence-corrected chi connectivity index (χ1v) is 14.6. The first-order valence-electron chi connectivity index (χ1n) is 12.5. The SMILES string of the molecule is CC(C)[Si](OCCONC(=O)[C@@H]1CC[C@@H]2CN1C(=O)N2OCc1ccccc1)(C(C)C)C(C)C. The molecule has 0 aliphatic carbocycles. The second-order valence-electron chi connectivity index (χ2n) is 10.2. The molecule has 2 atom stereocenters. The molecule has 1 N–H and O–H groups in total. The van der Waals surface area contributed by atoms with Crippen LogP contribution in [0.1, 0.15) is 59.9 Å². The van der Waals surface area contributed by atoms with Crippen molar-refractivity contribution in [2.75, 3.05) is 19.8 Å². The molecule has 1 aromatic carbocycles. The van der Waals surface area contributed by atoms with Crippen molar-refractivity contribution in [3.63, 3.8) is 0 Å². The van der Waals surface area contributed by atoms with E-state index < -0.39 is 14.4 Å². The van der Waals surface area contributed by atoms with Crippen LogP contribution in [0.4, 0.5) is 4.79 Å². The largest absolute Gasteiger partial charge is 0.414 e. The Morgan fingerprint density at radius 1 is 1.03 bits per heavy atom. The van der Waals surface area contributed by atoms with Gasteiger partial charge in [0.05, 0.1) is 19.3 Å². The van der Waals surface area contributed by atoms with Crippen LogP contribution in [0.5, 0.6) is 0 Å². The molecule has 2 saturated heterocycles. The lowest BCUT2D eigenvalue weighted by Crippen LogP contribution is -2.50. The predicted octanol–water partition coefficient (Wildman–Crippen LogP) is 4.63. The van der Waals surface area contributed by atoms with E-state index >= 15 is 0 Å². The van der Waals surface area contributed by atoms with E-state index in [9.17, 15) is 9.59 Å². The molecule has 34 heavy (non-hydrogen) atoms. The maximum absolute atomic E-state index is 12.9. The zero-order chi connectivity index (χ0) is 24.9. The monoisotopic (exact) mass is 491 g/mol. The molecule has 9 heteroatoms. The number of benzene rings is 1. The second-order valence-corrected chi connectivity index (χ2v) is 15.7. The van der Waals surface area contributed by atoms with Gasteiger partial charge >= 0.3 is 6.03 Å². The number of nitrogens with zero attached hydrogens (tertiary/aromatic N) is 2. The minimum absolute atomic E-state index is 0.0317. The van der Waals surface area contributed by atoms with E-state index in [1.807, 2.05) is 30.3 Å². The Bertz CT molecular complexity index is 798. The number of nitrogens with one attached hydrogen (secondary N) is 1. The Hall–Kier alpha value is -1.94. The van der Waals surface area contributed by atoms with Gasteiger partial charge in [0.15, 0.2) is 8.32 Å². The van der Waals surface area contributed by atoms with E-state index in [1.165, 1.54) is 5.06 Å². The number of hydrogen-bond acceptors (Lipinski definition) is 5. The molecule has 2 heterocycles. The number of rotatable bonds is 12. The van der Waals surface area contributed by atoms with Gasteiger partial charge in [-0.05, 0) is 35.0 Å². The molecule has 0 radical (unpaired) electrons. The topological polar surface area (TPSA) is 80.3 Å². The van der Waals surface area contributed by atoms with E-state index in [4.69, 9.17) is 14.1 Å². The molecule has 8 nitrogen and oxygen atoms in total. The summed E-state index contributed by atoms with van der Waals surface area (Å²) in [5.41, 5.74) is 5.02. The van der Waals surface area contributed by atoms with Gasteiger partial charge in [0.1, 0.15) is 12.6 Å². The van der Waals surface area contributed by atoms with Gasteiger partial charge in [-0.15, -0.1) is 0 Å². The van der Waals surface area contributed by atoms with Crippen molar-refractivity contribution >= 4 is 20.3 Å². The minimum Gasteiger partial charge on any atom is -0.414 e. The Kier molecular flexibility index (Phi) is 9.14. The highest BCUT2D eigenvalue weighted by molar-refractivity contribution is 6.77. The second kappa shape index (κ2) is 11.7. The van der Waals surface area contributed by atoms with Crippen LogP contribution >= 0.6 is 0 Å². The highest BCUT2D eigenvalue weighted by Crippen LogP contribution is 2.42. The van der Waals surface area contributed by atoms with Crippen molar-refractivity contribution in [2.24, 2.45) is 0 Å². The van der Waals surface area contributed by atoms with Gasteiger partial charge in [0.2, 0.25) is 0 Å². The first-order chi connectivity index (χ1) is 16.2. The van der Waals surface area contributed by atoms with Crippen LogP contribution in [0, 0.1) is 0 Å². The third kappa shape index (κ3) is 5.64. The third-order valence-corrected chi connectivity index (χ3v) is 13.4. The Balaban J connectivity index is 1.46. The normalized spacial score (nSPS) is 20.7. The first kappa shape index (κ1) is 26.7. The smallest absolute Gasteiger partial charge is 0.345 e. The third-order valence-electron chi connectivity index (χ3n) is 7.26. The molecular weight excluding hydrogens is 450 g/mol. The summed E-state index contributed by atoms with van der Waals surface area (Å²) < 4.78 is 6.46. The van der Waals surface area contributed by atoms with E-state index in [1.54, 1.807) is 4.90 Å². The fourth-order valence-electron chi connectivity index (χ4n) is 5.74. The molecule has 3 amide bonds. The molecular formula is C25H41N3O5Si. The lowest BCUT2D eigenvalue weighted by atomic mass is 10.0. The van der Waals surface area contributed by atoms with Gasteiger partial charge in [-0.2, -0.15) is 5.06 Å². The standard InChI is InChI=1S/C25H41N3O5Si/c1-18(2)34(19(3)4,20(5)6)33-15-14-31-26-24(29)23-13-12-22-16-27(23)25(30)28(22)32-17-21-10-8-7-9-11-21/h7-11,18-20,22-23H,12-17H2,1-6H3,(H,26,29)/t22-,23+/m1/s1.